The Labute approximate surface area is 156 Å². The fourth-order valence-corrected chi connectivity index (χ4v) is 3.53. The first-order chi connectivity index (χ1) is 12.9. The molecule has 0 spiro atoms. The van der Waals surface area contributed by atoms with Gasteiger partial charge in [0.2, 0.25) is 23.6 Å². The maximum atomic E-state index is 13.0. The smallest absolute Gasteiger partial charge is 0.245 e. The standard InChI is InChI=1S/C17H24N6O4/c18-15(25)10-2-1-5-23(8-10)17(27)13(6-11-7-19-9-20-11)22-16(26)12-3-4-14(24)21-12/h7,9-10,12-13H,1-6,8H2,(H2,18,25)(H,19,20)(H,21,24)(H,22,26)/t10-,12-,13-/m0/s1. The van der Waals surface area contributed by atoms with Crippen molar-refractivity contribution in [3.63, 3.8) is 0 Å². The molecule has 0 unspecified atom stereocenters. The molecule has 3 rings (SSSR count). The van der Waals surface area contributed by atoms with Gasteiger partial charge in [0.25, 0.3) is 0 Å². The van der Waals surface area contributed by atoms with Crippen LogP contribution < -0.4 is 16.4 Å². The highest BCUT2D eigenvalue weighted by Gasteiger charge is 2.34. The second-order valence-electron chi connectivity index (χ2n) is 7.03. The summed E-state index contributed by atoms with van der Waals surface area (Å²) in [6.45, 7) is 0.766. The molecule has 3 atom stereocenters. The zero-order chi connectivity index (χ0) is 19.4. The van der Waals surface area contributed by atoms with E-state index in [0.717, 1.165) is 0 Å². The van der Waals surface area contributed by atoms with E-state index in [2.05, 4.69) is 20.6 Å². The SMILES string of the molecule is NC(=O)[C@H]1CCCN(C(=O)[C@H](Cc2cnc[nH]2)NC(=O)[C@@H]2CCC(=O)N2)C1. The number of likely N-dealkylation sites (tertiary alicyclic amines) is 1. The summed E-state index contributed by atoms with van der Waals surface area (Å²) in [7, 11) is 0. The van der Waals surface area contributed by atoms with Crippen molar-refractivity contribution in [2.75, 3.05) is 13.1 Å². The molecule has 0 aromatic carbocycles. The molecule has 4 amide bonds. The van der Waals surface area contributed by atoms with Gasteiger partial charge in [0.15, 0.2) is 0 Å². The van der Waals surface area contributed by atoms with Gasteiger partial charge >= 0.3 is 0 Å². The van der Waals surface area contributed by atoms with Crippen LogP contribution in [0.15, 0.2) is 12.5 Å². The highest BCUT2D eigenvalue weighted by molar-refractivity contribution is 5.94. The van der Waals surface area contributed by atoms with E-state index in [-0.39, 0.29) is 36.6 Å². The van der Waals surface area contributed by atoms with Gasteiger partial charge in [0.1, 0.15) is 12.1 Å². The molecule has 5 N–H and O–H groups in total. The summed E-state index contributed by atoms with van der Waals surface area (Å²) in [4.78, 5) is 56.8. The predicted octanol–water partition coefficient (Wildman–Crippen LogP) is -1.56. The topological polar surface area (TPSA) is 150 Å². The van der Waals surface area contributed by atoms with Crippen LogP contribution in [0.2, 0.25) is 0 Å². The normalized spacial score (nSPS) is 23.6. The second kappa shape index (κ2) is 8.19. The van der Waals surface area contributed by atoms with Crippen LogP contribution in [0, 0.1) is 5.92 Å². The number of hydrogen-bond acceptors (Lipinski definition) is 5. The van der Waals surface area contributed by atoms with Crippen LogP contribution in [0.1, 0.15) is 31.4 Å². The van der Waals surface area contributed by atoms with Gasteiger partial charge in [-0.1, -0.05) is 0 Å². The van der Waals surface area contributed by atoms with Gasteiger partial charge in [-0.25, -0.2) is 4.98 Å². The van der Waals surface area contributed by atoms with E-state index >= 15 is 0 Å². The van der Waals surface area contributed by atoms with Gasteiger partial charge in [-0.3, -0.25) is 19.2 Å². The summed E-state index contributed by atoms with van der Waals surface area (Å²) in [6.07, 6.45) is 5.37. The van der Waals surface area contributed by atoms with Crippen LogP contribution in [0.5, 0.6) is 0 Å². The summed E-state index contributed by atoms with van der Waals surface area (Å²) < 4.78 is 0. The molecule has 3 heterocycles. The van der Waals surface area contributed by atoms with E-state index in [9.17, 15) is 19.2 Å². The largest absolute Gasteiger partial charge is 0.369 e. The molecule has 1 aromatic rings. The summed E-state index contributed by atoms with van der Waals surface area (Å²) >= 11 is 0. The number of aromatic amines is 1. The summed E-state index contributed by atoms with van der Waals surface area (Å²) in [5.74, 6) is -1.63. The molecule has 0 saturated carbocycles. The number of imidazole rings is 1. The van der Waals surface area contributed by atoms with Crippen molar-refractivity contribution >= 4 is 23.6 Å². The lowest BCUT2D eigenvalue weighted by atomic mass is 9.96. The fraction of sp³-hybridized carbons (Fsp3) is 0.588. The van der Waals surface area contributed by atoms with Crippen LogP contribution in [0.3, 0.4) is 0 Å². The van der Waals surface area contributed by atoms with Crippen molar-refractivity contribution in [1.82, 2.24) is 25.5 Å². The first-order valence-corrected chi connectivity index (χ1v) is 9.09. The van der Waals surface area contributed by atoms with Crippen molar-refractivity contribution < 1.29 is 19.2 Å². The van der Waals surface area contributed by atoms with Crippen LogP contribution in [-0.2, 0) is 25.6 Å². The lowest BCUT2D eigenvalue weighted by molar-refractivity contribution is -0.139. The maximum Gasteiger partial charge on any atom is 0.245 e. The van der Waals surface area contributed by atoms with Crippen LogP contribution in [0.25, 0.3) is 0 Å². The zero-order valence-corrected chi connectivity index (χ0v) is 14.9. The first kappa shape index (κ1) is 18.9. The maximum absolute atomic E-state index is 13.0. The third-order valence-electron chi connectivity index (χ3n) is 5.04. The van der Waals surface area contributed by atoms with Crippen LogP contribution in [0.4, 0.5) is 0 Å². The minimum Gasteiger partial charge on any atom is -0.369 e. The van der Waals surface area contributed by atoms with Crippen LogP contribution >= 0.6 is 0 Å². The molecular formula is C17H24N6O4. The van der Waals surface area contributed by atoms with E-state index in [1.165, 1.54) is 6.33 Å². The number of aromatic nitrogens is 2. The number of nitrogens with one attached hydrogen (secondary N) is 3. The average molecular weight is 376 g/mol. The number of carbonyl (C=O) groups excluding carboxylic acids is 4. The zero-order valence-electron chi connectivity index (χ0n) is 14.9. The fourth-order valence-electron chi connectivity index (χ4n) is 3.53. The Morgan fingerprint density at radius 3 is 2.81 bits per heavy atom. The number of rotatable bonds is 6. The number of H-pyrrole nitrogens is 1. The number of carbonyl (C=O) groups is 4. The second-order valence-corrected chi connectivity index (χ2v) is 7.03. The molecule has 27 heavy (non-hydrogen) atoms. The Hall–Kier alpha value is -2.91. The monoisotopic (exact) mass is 376 g/mol. The lowest BCUT2D eigenvalue weighted by Gasteiger charge is -2.34. The van der Waals surface area contributed by atoms with E-state index < -0.39 is 18.0 Å². The molecule has 0 bridgehead atoms. The number of hydrogen-bond donors (Lipinski definition) is 4. The van der Waals surface area contributed by atoms with Gasteiger partial charge in [-0.05, 0) is 19.3 Å². The summed E-state index contributed by atoms with van der Waals surface area (Å²) in [5.41, 5.74) is 6.09. The Bertz CT molecular complexity index is 719. The summed E-state index contributed by atoms with van der Waals surface area (Å²) in [6, 6.07) is -1.45. The molecule has 1 aromatic heterocycles. The van der Waals surface area contributed by atoms with Crippen molar-refractivity contribution in [1.29, 1.82) is 0 Å². The third-order valence-corrected chi connectivity index (χ3v) is 5.04. The van der Waals surface area contributed by atoms with Gasteiger partial charge < -0.3 is 26.3 Å². The van der Waals surface area contributed by atoms with Crippen molar-refractivity contribution in [3.05, 3.63) is 18.2 Å². The van der Waals surface area contributed by atoms with Gasteiger partial charge in [0, 0.05) is 37.8 Å². The highest BCUT2D eigenvalue weighted by atomic mass is 16.2. The van der Waals surface area contributed by atoms with E-state index in [1.54, 1.807) is 11.1 Å². The molecule has 10 heteroatoms. The van der Waals surface area contributed by atoms with Crippen molar-refractivity contribution in [3.8, 4) is 0 Å². The Morgan fingerprint density at radius 1 is 1.37 bits per heavy atom. The molecule has 2 aliphatic heterocycles. The Morgan fingerprint density at radius 2 is 2.19 bits per heavy atom. The lowest BCUT2D eigenvalue weighted by Crippen LogP contribution is -2.55. The minimum absolute atomic E-state index is 0.174. The van der Waals surface area contributed by atoms with Gasteiger partial charge in [0.05, 0.1) is 12.2 Å². The molecule has 2 saturated heterocycles. The number of nitrogens with two attached hydrogens (primary N) is 1. The quantitative estimate of drug-likeness (QED) is 0.473. The molecular weight excluding hydrogens is 352 g/mol. The number of primary amides is 1. The van der Waals surface area contributed by atoms with Crippen LogP contribution in [-0.4, -0.2) is 63.7 Å². The molecule has 0 radical (unpaired) electrons. The molecule has 0 aliphatic carbocycles. The number of amides is 4. The Balaban J connectivity index is 1.70. The molecule has 2 fully saturated rings. The summed E-state index contributed by atoms with van der Waals surface area (Å²) in [5, 5.41) is 5.35. The first-order valence-electron chi connectivity index (χ1n) is 9.09. The average Bonchev–Trinajstić information content (AvgIpc) is 3.32. The van der Waals surface area contributed by atoms with E-state index in [4.69, 9.17) is 5.73 Å². The van der Waals surface area contributed by atoms with Gasteiger partial charge in [-0.2, -0.15) is 0 Å². The van der Waals surface area contributed by atoms with Crippen molar-refractivity contribution in [2.45, 2.75) is 44.2 Å². The van der Waals surface area contributed by atoms with Gasteiger partial charge in [-0.15, -0.1) is 0 Å². The minimum atomic E-state index is -0.818. The Kier molecular flexibility index (Phi) is 5.72. The number of piperidine rings is 1. The predicted molar refractivity (Wildman–Crippen MR) is 93.9 cm³/mol. The molecule has 2 aliphatic rings. The van der Waals surface area contributed by atoms with E-state index in [1.807, 2.05) is 0 Å². The molecule has 10 nitrogen and oxygen atoms in total. The highest BCUT2D eigenvalue weighted by Crippen LogP contribution is 2.18. The number of nitrogens with zero attached hydrogens (tertiary/aromatic N) is 2. The van der Waals surface area contributed by atoms with Crippen molar-refractivity contribution in [2.24, 2.45) is 11.7 Å². The molecule has 146 valence electrons. The van der Waals surface area contributed by atoms with E-state index in [0.29, 0.717) is 37.9 Å². The third kappa shape index (κ3) is 4.63.